The van der Waals surface area contributed by atoms with E-state index in [1.807, 2.05) is 6.92 Å². The lowest BCUT2D eigenvalue weighted by Crippen LogP contribution is -2.39. The summed E-state index contributed by atoms with van der Waals surface area (Å²) in [6.07, 6.45) is 2.13. The molecule has 7 nitrogen and oxygen atoms in total. The minimum absolute atomic E-state index is 0.0704. The molecule has 1 atom stereocenters. The molecule has 0 saturated heterocycles. The van der Waals surface area contributed by atoms with E-state index in [0.717, 1.165) is 17.9 Å². The summed E-state index contributed by atoms with van der Waals surface area (Å²) in [6, 6.07) is -0.666. The van der Waals surface area contributed by atoms with Crippen LogP contribution in [0.1, 0.15) is 33.1 Å². The summed E-state index contributed by atoms with van der Waals surface area (Å²) < 4.78 is 0. The van der Waals surface area contributed by atoms with Crippen LogP contribution in [0.3, 0.4) is 0 Å². The first-order valence-corrected chi connectivity index (χ1v) is 5.29. The quantitative estimate of drug-likeness (QED) is 0.239. The molecule has 1 unspecified atom stereocenters. The van der Waals surface area contributed by atoms with Crippen LogP contribution in [-0.2, 0) is 9.59 Å². The van der Waals surface area contributed by atoms with Gasteiger partial charge in [0.05, 0.1) is 5.57 Å². The highest BCUT2D eigenvalue weighted by Gasteiger charge is 2.29. The third kappa shape index (κ3) is 4.56. The van der Waals surface area contributed by atoms with Gasteiger partial charge in [0.2, 0.25) is 5.91 Å². The Labute approximate surface area is 99.9 Å². The van der Waals surface area contributed by atoms with E-state index in [-0.39, 0.29) is 5.57 Å². The maximum Gasteiger partial charge on any atom is 0.310 e. The van der Waals surface area contributed by atoms with Crippen molar-refractivity contribution in [3.8, 4) is 0 Å². The van der Waals surface area contributed by atoms with Crippen LogP contribution >= 0.6 is 0 Å². The van der Waals surface area contributed by atoms with E-state index in [9.17, 15) is 9.59 Å². The van der Waals surface area contributed by atoms with E-state index in [2.05, 4.69) is 16.7 Å². The molecule has 7 heteroatoms. The molecule has 17 heavy (non-hydrogen) atoms. The molecule has 0 rings (SSSR count). The van der Waals surface area contributed by atoms with Crippen LogP contribution in [0.5, 0.6) is 0 Å². The molecule has 0 heterocycles. The molecule has 94 valence electrons. The van der Waals surface area contributed by atoms with Gasteiger partial charge in [-0.25, -0.2) is 4.79 Å². The van der Waals surface area contributed by atoms with Crippen molar-refractivity contribution in [2.45, 2.75) is 39.2 Å². The number of azide groups is 1. The first-order valence-electron chi connectivity index (χ1n) is 5.29. The van der Waals surface area contributed by atoms with Crippen LogP contribution in [0.4, 0.5) is 0 Å². The number of unbranched alkanes of at least 4 members (excludes halogenated alkanes) is 1. The zero-order chi connectivity index (χ0) is 13.4. The highest BCUT2D eigenvalue weighted by molar-refractivity contribution is 5.93. The largest absolute Gasteiger partial charge is 0.366 e. The molecule has 0 aliphatic rings. The molecular formula is C10H17N5O2. The summed E-state index contributed by atoms with van der Waals surface area (Å²) >= 11 is 0. The van der Waals surface area contributed by atoms with Crippen LogP contribution in [0.2, 0.25) is 0 Å². The summed E-state index contributed by atoms with van der Waals surface area (Å²) in [4.78, 5) is 25.0. The van der Waals surface area contributed by atoms with E-state index in [1.165, 1.54) is 6.92 Å². The van der Waals surface area contributed by atoms with Gasteiger partial charge in [-0.3, -0.25) is 4.79 Å². The zero-order valence-corrected chi connectivity index (χ0v) is 10.1. The number of nitrogens with zero attached hydrogens (tertiary/aromatic N) is 4. The molecule has 0 bridgehead atoms. The number of hydrogen-bond acceptors (Lipinski definition) is 3. The number of nitrogens with two attached hydrogens (primary N) is 1. The van der Waals surface area contributed by atoms with Crippen LogP contribution in [0.15, 0.2) is 17.4 Å². The maximum absolute atomic E-state index is 11.3. The first kappa shape index (κ1) is 15.0. The second-order valence-electron chi connectivity index (χ2n) is 3.59. The third-order valence-electron chi connectivity index (χ3n) is 2.30. The number of primary amides is 1. The fourth-order valence-corrected chi connectivity index (χ4v) is 1.39. The van der Waals surface area contributed by atoms with Crippen molar-refractivity contribution in [2.75, 3.05) is 0 Å². The molecule has 0 aliphatic heterocycles. The Morgan fingerprint density at radius 2 is 2.18 bits per heavy atom. The van der Waals surface area contributed by atoms with E-state index in [1.54, 1.807) is 0 Å². The summed E-state index contributed by atoms with van der Waals surface area (Å²) in [5, 5.41) is 4.18. The molecule has 0 aliphatic carbocycles. The van der Waals surface area contributed by atoms with Crippen LogP contribution < -0.4 is 5.73 Å². The molecule has 0 radical (unpaired) electrons. The van der Waals surface area contributed by atoms with Gasteiger partial charge in [0, 0.05) is 6.92 Å². The molecule has 0 saturated carbocycles. The Bertz CT molecular complexity index is 358. The van der Waals surface area contributed by atoms with Crippen molar-refractivity contribution in [2.24, 2.45) is 11.0 Å². The van der Waals surface area contributed by atoms with Crippen LogP contribution in [-0.4, -0.2) is 22.9 Å². The van der Waals surface area contributed by atoms with Gasteiger partial charge in [-0.1, -0.05) is 19.9 Å². The van der Waals surface area contributed by atoms with Crippen molar-refractivity contribution < 1.29 is 9.59 Å². The van der Waals surface area contributed by atoms with Gasteiger partial charge >= 0.3 is 5.91 Å². The lowest BCUT2D eigenvalue weighted by Gasteiger charge is -2.22. The van der Waals surface area contributed by atoms with Crippen molar-refractivity contribution in [1.82, 2.24) is 5.01 Å². The Balaban J connectivity index is 5.10. The number of rotatable bonds is 7. The summed E-state index contributed by atoms with van der Waals surface area (Å²) in [5.74, 6) is -1.16. The number of hydrogen-bond donors (Lipinski definition) is 1. The Hall–Kier alpha value is -2.01. The molecule has 2 amide bonds. The van der Waals surface area contributed by atoms with E-state index in [0.29, 0.717) is 6.42 Å². The van der Waals surface area contributed by atoms with Crippen LogP contribution in [0.25, 0.3) is 10.4 Å². The van der Waals surface area contributed by atoms with E-state index in [4.69, 9.17) is 11.3 Å². The maximum atomic E-state index is 11.3. The lowest BCUT2D eigenvalue weighted by molar-refractivity contribution is -0.131. The number of carbonyl (C=O) groups is 2. The van der Waals surface area contributed by atoms with Crippen molar-refractivity contribution in [3.63, 3.8) is 0 Å². The van der Waals surface area contributed by atoms with Crippen molar-refractivity contribution in [1.29, 1.82) is 0 Å². The predicted molar refractivity (Wildman–Crippen MR) is 63.3 cm³/mol. The highest BCUT2D eigenvalue weighted by Crippen LogP contribution is 2.17. The molecule has 0 fully saturated rings. The number of amides is 2. The second kappa shape index (κ2) is 7.29. The third-order valence-corrected chi connectivity index (χ3v) is 2.30. The van der Waals surface area contributed by atoms with Crippen molar-refractivity contribution in [3.05, 3.63) is 22.6 Å². The molecule has 2 N–H and O–H groups in total. The topological polar surface area (TPSA) is 112 Å². The monoisotopic (exact) mass is 239 g/mol. The standard InChI is InChI=1S/C10H17N5O2/c1-4-5-6-9(7(2)10(11)17)15(8(3)16)14-13-12/h9H,2,4-6H2,1,3H3,(H2,11,17). The zero-order valence-electron chi connectivity index (χ0n) is 10.1. The van der Waals surface area contributed by atoms with Gasteiger partial charge in [-0.2, -0.15) is 9.92 Å². The molecular weight excluding hydrogens is 222 g/mol. The average molecular weight is 239 g/mol. The average Bonchev–Trinajstić information content (AvgIpc) is 2.27. The van der Waals surface area contributed by atoms with Crippen LogP contribution in [0, 0.1) is 0 Å². The van der Waals surface area contributed by atoms with Crippen molar-refractivity contribution >= 4 is 11.8 Å². The smallest absolute Gasteiger partial charge is 0.310 e. The Morgan fingerprint density at radius 3 is 2.53 bits per heavy atom. The minimum atomic E-state index is -0.703. The van der Waals surface area contributed by atoms with Gasteiger partial charge in [0.25, 0.3) is 0 Å². The Morgan fingerprint density at radius 1 is 1.59 bits per heavy atom. The second-order valence-corrected chi connectivity index (χ2v) is 3.59. The van der Waals surface area contributed by atoms with Gasteiger partial charge < -0.3 is 5.73 Å². The molecule has 0 aromatic carbocycles. The van der Waals surface area contributed by atoms with Gasteiger partial charge in [-0.15, -0.1) is 5.53 Å². The van der Waals surface area contributed by atoms with Gasteiger partial charge in [0.1, 0.15) is 6.04 Å². The molecule has 0 spiro atoms. The van der Waals surface area contributed by atoms with E-state index >= 15 is 0 Å². The minimum Gasteiger partial charge on any atom is -0.366 e. The lowest BCUT2D eigenvalue weighted by atomic mass is 10.0. The molecule has 0 aromatic heterocycles. The first-order chi connectivity index (χ1) is 7.95. The normalized spacial score (nSPS) is 11.2. The summed E-state index contributed by atoms with van der Waals surface area (Å²) in [6.45, 7) is 6.76. The fraction of sp³-hybridized carbons (Fsp3) is 0.600. The summed E-state index contributed by atoms with van der Waals surface area (Å²) in [7, 11) is 0. The fourth-order valence-electron chi connectivity index (χ4n) is 1.39. The Kier molecular flexibility index (Phi) is 6.43. The SMILES string of the molecule is C=C(C(N)=O)C(CCCC)N(N=[N+]=[N-])C(C)=O. The summed E-state index contributed by atoms with van der Waals surface area (Å²) in [5.41, 5.74) is 13.6. The number of carbonyl (C=O) groups excluding carboxylic acids is 2. The van der Waals surface area contributed by atoms with Gasteiger partial charge in [0.15, 0.2) is 0 Å². The highest BCUT2D eigenvalue weighted by atomic mass is 16.2. The van der Waals surface area contributed by atoms with E-state index < -0.39 is 17.9 Å². The van der Waals surface area contributed by atoms with Gasteiger partial charge in [-0.05, 0) is 18.1 Å². The predicted octanol–water partition coefficient (Wildman–Crippen LogP) is 1.66. The molecule has 0 aromatic rings.